The lowest BCUT2D eigenvalue weighted by molar-refractivity contribution is 0.363. The fraction of sp³-hybridized carbons (Fsp3) is 0. The molecule has 0 atom stereocenters. The molecule has 0 aliphatic rings. The first-order valence-corrected chi connectivity index (χ1v) is 10.8. The molecule has 0 aromatic heterocycles. The second kappa shape index (κ2) is 6.36. The summed E-state index contributed by atoms with van der Waals surface area (Å²) in [6.07, 6.45) is 0. The van der Waals surface area contributed by atoms with Crippen LogP contribution in [0.15, 0.2) is 80.2 Å². The van der Waals surface area contributed by atoms with E-state index in [2.05, 4.69) is 0 Å². The van der Waals surface area contributed by atoms with E-state index in [1.165, 1.54) is 0 Å². The Morgan fingerprint density at radius 1 is 0.517 bits per heavy atom. The van der Waals surface area contributed by atoms with Gasteiger partial charge in [0.2, 0.25) is 0 Å². The molecule has 3 aromatic rings. The normalized spacial score (nSPS) is 14.6. The monoisotopic (exact) mass is 461 g/mol. The molecule has 0 bridgehead atoms. The molecule has 29 heavy (non-hydrogen) atoms. The second-order valence-corrected chi connectivity index (χ2v) is 10.4. The second-order valence-electron chi connectivity index (χ2n) is 5.96. The third kappa shape index (κ3) is 5.02. The molecule has 11 heteroatoms. The number of halogens is 9. The minimum absolute atomic E-state index is 0.121. The van der Waals surface area contributed by atoms with E-state index in [1.807, 2.05) is 0 Å². The summed E-state index contributed by atoms with van der Waals surface area (Å²) in [5, 5.41) is 0. The molecule has 156 valence electrons. The predicted molar refractivity (Wildman–Crippen MR) is 92.7 cm³/mol. The molecular weight excluding hydrogens is 451 g/mol. The zero-order chi connectivity index (χ0) is 21.7. The Labute approximate surface area is 162 Å². The molecule has 0 unspecified atom stereocenters. The molecule has 3 aromatic carbocycles. The van der Waals surface area contributed by atoms with Crippen LogP contribution in [0.25, 0.3) is 0 Å². The van der Waals surface area contributed by atoms with Crippen molar-refractivity contribution in [3.05, 3.63) is 83.9 Å². The Kier molecular flexibility index (Phi) is 4.70. The van der Waals surface area contributed by atoms with Crippen molar-refractivity contribution in [2.75, 3.05) is 0 Å². The van der Waals surface area contributed by atoms with Crippen LogP contribution in [0.5, 0.6) is 0 Å². The van der Waals surface area contributed by atoms with Gasteiger partial charge in [0.1, 0.15) is 28.2 Å². The van der Waals surface area contributed by atoms with Gasteiger partial charge in [0.05, 0.1) is 10.9 Å². The molecule has 0 saturated carbocycles. The molecule has 0 N–H and O–H groups in total. The fourth-order valence-electron chi connectivity index (χ4n) is 2.54. The predicted octanol–water partition coefficient (Wildman–Crippen LogP) is 8.00. The van der Waals surface area contributed by atoms with Crippen LogP contribution < -0.4 is 0 Å². The Morgan fingerprint density at radius 2 is 0.931 bits per heavy atom. The van der Waals surface area contributed by atoms with Gasteiger partial charge in [0, 0.05) is 42.5 Å². The summed E-state index contributed by atoms with van der Waals surface area (Å²) in [4.78, 5) is -3.25. The average molecular weight is 461 g/mol. The topological polar surface area (TPSA) is 0 Å². The van der Waals surface area contributed by atoms with Crippen molar-refractivity contribution in [1.29, 1.82) is 0 Å². The third-order valence-corrected chi connectivity index (χ3v) is 6.91. The van der Waals surface area contributed by atoms with Crippen molar-refractivity contribution in [2.45, 2.75) is 19.6 Å². The van der Waals surface area contributed by atoms with Gasteiger partial charge in [0.25, 0.3) is 0 Å². The molecule has 0 aliphatic heterocycles. The van der Waals surface area contributed by atoms with E-state index in [0.717, 1.165) is 30.3 Å². The smallest absolute Gasteiger partial charge is 0.207 e. The Hall–Kier alpha value is -2.27. The maximum Gasteiger partial charge on any atom is 0.310 e. The Morgan fingerprint density at radius 3 is 1.31 bits per heavy atom. The first-order valence-electron chi connectivity index (χ1n) is 7.63. The molecule has 3 rings (SSSR count). The summed E-state index contributed by atoms with van der Waals surface area (Å²) in [5.74, 6) is -4.40. The highest BCUT2D eigenvalue weighted by Gasteiger charge is 2.65. The first kappa shape index (κ1) is 21.4. The van der Waals surface area contributed by atoms with Gasteiger partial charge in [-0.05, 0) is 12.1 Å². The number of hydrogen-bond acceptors (Lipinski definition) is 0. The number of benzene rings is 3. The van der Waals surface area contributed by atoms with Gasteiger partial charge in [-0.2, -0.15) is 0 Å². The minimum Gasteiger partial charge on any atom is -0.207 e. The summed E-state index contributed by atoms with van der Waals surface area (Å²) in [6.45, 7) is 0. The summed E-state index contributed by atoms with van der Waals surface area (Å²) in [5.41, 5.74) is 0. The van der Waals surface area contributed by atoms with Gasteiger partial charge in [-0.25, -0.2) is 17.6 Å². The van der Waals surface area contributed by atoms with E-state index >= 15 is 0 Å². The van der Waals surface area contributed by atoms with Gasteiger partial charge in [-0.1, -0.05) is 25.5 Å². The number of hydrogen-bond donors (Lipinski definition) is 0. The third-order valence-electron chi connectivity index (χ3n) is 3.63. The standard InChI is InChI=1S/C18H10F9S2/c19-11-4-12(20)7-16(6-11)28(17-8-13(21)5-14(22)9-17)15-2-1-3-18(10-15)29(23,24,25,26)27/h1-10H/q+1. The van der Waals surface area contributed by atoms with Crippen LogP contribution in [0.4, 0.5) is 37.0 Å². The van der Waals surface area contributed by atoms with Crippen molar-refractivity contribution in [3.8, 4) is 0 Å². The van der Waals surface area contributed by atoms with Crippen molar-refractivity contribution in [3.63, 3.8) is 0 Å². The molecule has 0 saturated heterocycles. The highest BCUT2D eigenvalue weighted by molar-refractivity contribution is 8.45. The zero-order valence-electron chi connectivity index (χ0n) is 14.0. The van der Waals surface area contributed by atoms with Crippen LogP contribution in [-0.4, -0.2) is 0 Å². The van der Waals surface area contributed by atoms with Gasteiger partial charge in [-0.3, -0.25) is 0 Å². The summed E-state index contributed by atoms with van der Waals surface area (Å²) in [7, 11) is -12.0. The maximum atomic E-state index is 13.7. The van der Waals surface area contributed by atoms with Crippen molar-refractivity contribution in [2.24, 2.45) is 0 Å². The van der Waals surface area contributed by atoms with Crippen LogP contribution in [-0.2, 0) is 10.9 Å². The maximum absolute atomic E-state index is 13.7. The Balaban J connectivity index is 2.30. The largest absolute Gasteiger partial charge is 0.310 e. The summed E-state index contributed by atoms with van der Waals surface area (Å²) in [6, 6.07) is 5.95. The van der Waals surface area contributed by atoms with Crippen molar-refractivity contribution in [1.82, 2.24) is 0 Å². The van der Waals surface area contributed by atoms with E-state index in [1.54, 1.807) is 0 Å². The molecule has 0 heterocycles. The molecule has 0 aliphatic carbocycles. The lowest BCUT2D eigenvalue weighted by Crippen LogP contribution is -2.10. The van der Waals surface area contributed by atoms with Gasteiger partial charge in [-0.15, -0.1) is 0 Å². The quantitative estimate of drug-likeness (QED) is 0.273. The minimum atomic E-state index is -10.1. The molecule has 0 spiro atoms. The van der Waals surface area contributed by atoms with E-state index in [-0.39, 0.29) is 21.9 Å². The van der Waals surface area contributed by atoms with Crippen molar-refractivity contribution < 1.29 is 37.0 Å². The summed E-state index contributed by atoms with van der Waals surface area (Å²) < 4.78 is 121. The van der Waals surface area contributed by atoms with E-state index < -0.39 is 54.2 Å². The highest BCUT2D eigenvalue weighted by Crippen LogP contribution is 3.02. The van der Waals surface area contributed by atoms with Crippen LogP contribution in [0.2, 0.25) is 0 Å². The van der Waals surface area contributed by atoms with E-state index in [4.69, 9.17) is 0 Å². The zero-order valence-corrected chi connectivity index (χ0v) is 15.6. The van der Waals surface area contributed by atoms with Gasteiger partial charge < -0.3 is 0 Å². The van der Waals surface area contributed by atoms with E-state index in [9.17, 15) is 37.0 Å². The molecule has 0 amide bonds. The fourth-order valence-corrected chi connectivity index (χ4v) is 5.50. The van der Waals surface area contributed by atoms with Gasteiger partial charge in [0.15, 0.2) is 14.7 Å². The van der Waals surface area contributed by atoms with Gasteiger partial charge >= 0.3 is 10.2 Å². The average Bonchev–Trinajstić information content (AvgIpc) is 2.51. The van der Waals surface area contributed by atoms with Crippen LogP contribution in [0.1, 0.15) is 0 Å². The van der Waals surface area contributed by atoms with Crippen molar-refractivity contribution >= 4 is 21.1 Å². The first-order chi connectivity index (χ1) is 13.1. The Bertz CT molecular complexity index is 1000. The molecule has 0 nitrogen and oxygen atoms in total. The lowest BCUT2D eigenvalue weighted by Gasteiger charge is -2.40. The lowest BCUT2D eigenvalue weighted by atomic mass is 10.3. The highest BCUT2D eigenvalue weighted by atomic mass is 32.5. The number of rotatable bonds is 4. The SMILES string of the molecule is Fc1cc(F)cc([S+](c2cc(F)cc(F)c2)c2cccc(S(F)(F)(F)(F)F)c2)c1. The molecule has 0 radical (unpaired) electrons. The molecular formula is C18H10F9S2+. The van der Waals surface area contributed by atoms with Crippen LogP contribution in [0, 0.1) is 23.3 Å². The van der Waals surface area contributed by atoms with Crippen LogP contribution in [0.3, 0.4) is 0 Å². The summed E-state index contributed by atoms with van der Waals surface area (Å²) >= 11 is 0. The molecule has 0 fully saturated rings. The van der Waals surface area contributed by atoms with Crippen LogP contribution >= 0.6 is 10.2 Å². The van der Waals surface area contributed by atoms with E-state index in [0.29, 0.717) is 18.2 Å².